The Morgan fingerprint density at radius 3 is 3.00 bits per heavy atom. The first-order valence-corrected chi connectivity index (χ1v) is 8.60. The van der Waals surface area contributed by atoms with Gasteiger partial charge in [-0.1, -0.05) is 0 Å². The van der Waals surface area contributed by atoms with Crippen molar-refractivity contribution in [3.8, 4) is 0 Å². The fourth-order valence-corrected chi connectivity index (χ4v) is 3.32. The van der Waals surface area contributed by atoms with Crippen LogP contribution in [0.3, 0.4) is 0 Å². The van der Waals surface area contributed by atoms with E-state index in [1.165, 1.54) is 10.4 Å². The molecule has 2 aromatic rings. The number of aromatic nitrogens is 2. The summed E-state index contributed by atoms with van der Waals surface area (Å²) < 4.78 is 5.06. The predicted octanol–water partition coefficient (Wildman–Crippen LogP) is 1.47. The van der Waals surface area contributed by atoms with Crippen molar-refractivity contribution in [2.24, 2.45) is 0 Å². The Bertz CT molecular complexity index is 704. The van der Waals surface area contributed by atoms with Crippen LogP contribution in [0.4, 0.5) is 5.95 Å². The first-order valence-electron chi connectivity index (χ1n) is 7.72. The lowest BCUT2D eigenvalue weighted by molar-refractivity contribution is -0.152. The highest BCUT2D eigenvalue weighted by atomic mass is 32.1. The zero-order valence-electron chi connectivity index (χ0n) is 13.1. The van der Waals surface area contributed by atoms with Crippen molar-refractivity contribution in [3.63, 3.8) is 0 Å². The van der Waals surface area contributed by atoms with Gasteiger partial charge in [-0.15, -0.1) is 11.3 Å². The zero-order chi connectivity index (χ0) is 16.8. The van der Waals surface area contributed by atoms with E-state index in [4.69, 9.17) is 4.74 Å². The minimum Gasteiger partial charge on any atom is -0.456 e. The maximum atomic E-state index is 12.1. The van der Waals surface area contributed by atoms with Gasteiger partial charge in [-0.3, -0.25) is 9.59 Å². The van der Waals surface area contributed by atoms with Crippen molar-refractivity contribution < 1.29 is 14.3 Å². The second-order valence-electron chi connectivity index (χ2n) is 5.34. The number of carbonyl (C=O) groups is 2. The normalized spacial score (nSPS) is 13.2. The third kappa shape index (κ3) is 4.29. The molecule has 1 aliphatic rings. The molecule has 7 nitrogen and oxygen atoms in total. The van der Waals surface area contributed by atoms with Crippen LogP contribution in [0.1, 0.15) is 16.9 Å². The third-order valence-corrected chi connectivity index (χ3v) is 4.72. The number of rotatable bonds is 6. The Morgan fingerprint density at radius 2 is 2.17 bits per heavy atom. The van der Waals surface area contributed by atoms with Gasteiger partial charge in [-0.2, -0.15) is 0 Å². The molecule has 3 heterocycles. The number of anilines is 1. The number of fused-ring (bicyclic) bond motifs is 1. The third-order valence-electron chi connectivity index (χ3n) is 3.70. The maximum Gasteiger partial charge on any atom is 0.308 e. The molecule has 24 heavy (non-hydrogen) atoms. The largest absolute Gasteiger partial charge is 0.456 e. The van der Waals surface area contributed by atoms with Crippen molar-refractivity contribution in [1.82, 2.24) is 14.9 Å². The lowest BCUT2D eigenvalue weighted by atomic mass is 10.1. The van der Waals surface area contributed by atoms with Gasteiger partial charge in [0, 0.05) is 36.9 Å². The zero-order valence-corrected chi connectivity index (χ0v) is 13.9. The molecule has 3 rings (SSSR count). The van der Waals surface area contributed by atoms with E-state index in [0.717, 1.165) is 6.42 Å². The van der Waals surface area contributed by atoms with E-state index >= 15 is 0 Å². The van der Waals surface area contributed by atoms with Gasteiger partial charge in [0.1, 0.15) is 0 Å². The summed E-state index contributed by atoms with van der Waals surface area (Å²) in [5.41, 5.74) is 1.19. The summed E-state index contributed by atoms with van der Waals surface area (Å²) in [4.78, 5) is 34.9. The number of hydrogen-bond acceptors (Lipinski definition) is 7. The van der Waals surface area contributed by atoms with Crippen LogP contribution in [-0.4, -0.2) is 46.4 Å². The van der Waals surface area contributed by atoms with Gasteiger partial charge in [0.05, 0.1) is 6.42 Å². The average Bonchev–Trinajstić information content (AvgIpc) is 3.08. The minimum atomic E-state index is -0.417. The highest BCUT2D eigenvalue weighted by Gasteiger charge is 2.22. The molecule has 0 saturated carbocycles. The molecule has 126 valence electrons. The molecule has 0 saturated heterocycles. The van der Waals surface area contributed by atoms with Crippen molar-refractivity contribution in [2.45, 2.75) is 19.4 Å². The lowest BCUT2D eigenvalue weighted by Crippen LogP contribution is -2.38. The molecule has 0 spiro atoms. The molecule has 0 aliphatic carbocycles. The molecule has 8 heteroatoms. The first kappa shape index (κ1) is 16.4. The highest BCUT2D eigenvalue weighted by molar-refractivity contribution is 7.10. The molecular weight excluding hydrogens is 328 g/mol. The number of amides is 1. The Morgan fingerprint density at radius 1 is 1.33 bits per heavy atom. The van der Waals surface area contributed by atoms with E-state index in [9.17, 15) is 9.59 Å². The van der Waals surface area contributed by atoms with Crippen LogP contribution in [0.5, 0.6) is 0 Å². The molecule has 0 unspecified atom stereocenters. The molecule has 1 N–H and O–H groups in total. The number of thiophene rings is 1. The molecular formula is C16H18N4O3S. The Kier molecular flexibility index (Phi) is 5.37. The van der Waals surface area contributed by atoms with Crippen molar-refractivity contribution in [2.75, 3.05) is 25.0 Å². The van der Waals surface area contributed by atoms with E-state index in [2.05, 4.69) is 15.3 Å². The van der Waals surface area contributed by atoms with Gasteiger partial charge in [0.25, 0.3) is 5.91 Å². The van der Waals surface area contributed by atoms with Crippen LogP contribution in [0, 0.1) is 0 Å². The molecule has 0 atom stereocenters. The fraction of sp³-hybridized carbons (Fsp3) is 0.375. The van der Waals surface area contributed by atoms with Crippen LogP contribution in [0.15, 0.2) is 29.9 Å². The second kappa shape index (κ2) is 7.87. The summed E-state index contributed by atoms with van der Waals surface area (Å²) in [7, 11) is 0. The Labute approximate surface area is 143 Å². The summed E-state index contributed by atoms with van der Waals surface area (Å²) in [6.45, 7) is 1.43. The van der Waals surface area contributed by atoms with Crippen LogP contribution in [0.25, 0.3) is 0 Å². The average molecular weight is 346 g/mol. The van der Waals surface area contributed by atoms with E-state index in [0.29, 0.717) is 25.6 Å². The van der Waals surface area contributed by atoms with Gasteiger partial charge in [-0.05, 0) is 29.5 Å². The minimum absolute atomic E-state index is 0.153. The van der Waals surface area contributed by atoms with Gasteiger partial charge < -0.3 is 15.0 Å². The molecule has 0 radical (unpaired) electrons. The molecule has 1 aliphatic heterocycles. The van der Waals surface area contributed by atoms with Crippen LogP contribution >= 0.6 is 11.3 Å². The Hall–Kier alpha value is -2.48. The van der Waals surface area contributed by atoms with Crippen molar-refractivity contribution in [1.29, 1.82) is 0 Å². The molecule has 0 fully saturated rings. The number of nitrogens with one attached hydrogen (secondary N) is 1. The summed E-state index contributed by atoms with van der Waals surface area (Å²) in [5, 5.41) is 4.96. The Balaban J connectivity index is 1.36. The molecule has 0 aromatic carbocycles. The summed E-state index contributed by atoms with van der Waals surface area (Å²) >= 11 is 1.72. The summed E-state index contributed by atoms with van der Waals surface area (Å²) in [6.07, 6.45) is 4.25. The van der Waals surface area contributed by atoms with Gasteiger partial charge >= 0.3 is 5.97 Å². The number of carbonyl (C=O) groups excluding carboxylic acids is 2. The highest BCUT2D eigenvalue weighted by Crippen LogP contribution is 2.23. The van der Waals surface area contributed by atoms with E-state index in [-0.39, 0.29) is 18.9 Å². The molecule has 2 aromatic heterocycles. The fourth-order valence-electron chi connectivity index (χ4n) is 2.43. The van der Waals surface area contributed by atoms with E-state index in [1.807, 2.05) is 11.4 Å². The maximum absolute atomic E-state index is 12.1. The quantitative estimate of drug-likeness (QED) is 0.798. The van der Waals surface area contributed by atoms with E-state index in [1.54, 1.807) is 34.7 Å². The van der Waals surface area contributed by atoms with Crippen LogP contribution < -0.4 is 5.32 Å². The lowest BCUT2D eigenvalue weighted by Gasteiger charge is -2.26. The number of hydrogen-bond donors (Lipinski definition) is 1. The summed E-state index contributed by atoms with van der Waals surface area (Å²) in [6, 6.07) is 3.76. The van der Waals surface area contributed by atoms with E-state index < -0.39 is 5.97 Å². The monoisotopic (exact) mass is 346 g/mol. The van der Waals surface area contributed by atoms with Gasteiger partial charge in [-0.25, -0.2) is 9.97 Å². The van der Waals surface area contributed by atoms with Crippen molar-refractivity contribution in [3.05, 3.63) is 40.3 Å². The number of ether oxygens (including phenoxy) is 1. The van der Waals surface area contributed by atoms with Gasteiger partial charge in [0.2, 0.25) is 5.95 Å². The molecule has 1 amide bonds. The first-order chi connectivity index (χ1) is 11.7. The second-order valence-corrected chi connectivity index (χ2v) is 6.34. The molecule has 0 bridgehead atoms. The van der Waals surface area contributed by atoms with Crippen LogP contribution in [-0.2, 0) is 27.3 Å². The number of esters is 1. The van der Waals surface area contributed by atoms with Crippen molar-refractivity contribution >= 4 is 29.2 Å². The predicted molar refractivity (Wildman–Crippen MR) is 89.5 cm³/mol. The SMILES string of the molecule is O=C(CCNc1ncccn1)OCC(=O)N1CCc2sccc2C1. The number of nitrogens with zero attached hydrogens (tertiary/aromatic N) is 3. The standard InChI is InChI=1S/C16H18N4O3S/c21-14(20-8-3-13-12(10-20)4-9-24-13)11-23-15(22)2-7-19-16-17-5-1-6-18-16/h1,4-6,9H,2-3,7-8,10-11H2,(H,17,18,19). The summed E-state index contributed by atoms with van der Waals surface area (Å²) in [5.74, 6) is -0.110. The van der Waals surface area contributed by atoms with Gasteiger partial charge in [0.15, 0.2) is 6.61 Å². The van der Waals surface area contributed by atoms with Crippen LogP contribution in [0.2, 0.25) is 0 Å². The topological polar surface area (TPSA) is 84.4 Å². The smallest absolute Gasteiger partial charge is 0.308 e.